The molecule has 1 saturated heterocycles. The van der Waals surface area contributed by atoms with Crippen molar-refractivity contribution in [3.63, 3.8) is 0 Å². The van der Waals surface area contributed by atoms with E-state index in [4.69, 9.17) is 10.5 Å². The van der Waals surface area contributed by atoms with Crippen molar-refractivity contribution in [3.05, 3.63) is 0 Å². The van der Waals surface area contributed by atoms with E-state index in [-0.39, 0.29) is 0 Å². The molecule has 1 heterocycles. The molecule has 0 radical (unpaired) electrons. The van der Waals surface area contributed by atoms with Gasteiger partial charge in [0.2, 0.25) is 0 Å². The van der Waals surface area contributed by atoms with Gasteiger partial charge in [-0.2, -0.15) is 0 Å². The summed E-state index contributed by atoms with van der Waals surface area (Å²) in [6, 6.07) is 0.488. The van der Waals surface area contributed by atoms with Crippen molar-refractivity contribution in [2.75, 3.05) is 13.2 Å². The molecule has 1 aliphatic heterocycles. The highest BCUT2D eigenvalue weighted by molar-refractivity contribution is 4.96. The molecule has 2 fully saturated rings. The van der Waals surface area contributed by atoms with E-state index in [9.17, 15) is 0 Å². The Bertz CT molecular complexity index is 136. The molecule has 1 saturated carbocycles. The van der Waals surface area contributed by atoms with Crippen molar-refractivity contribution in [1.29, 1.82) is 0 Å². The minimum atomic E-state index is 0.488. The van der Waals surface area contributed by atoms with Crippen molar-refractivity contribution in [1.82, 2.24) is 0 Å². The molecule has 0 aromatic carbocycles. The molecule has 2 aliphatic rings. The Balaban J connectivity index is 1.88. The van der Waals surface area contributed by atoms with Gasteiger partial charge in [0.25, 0.3) is 0 Å². The zero-order chi connectivity index (χ0) is 7.19. The lowest BCUT2D eigenvalue weighted by Crippen LogP contribution is -2.53. The van der Waals surface area contributed by atoms with Crippen LogP contribution in [0.15, 0.2) is 0 Å². The zero-order valence-electron chi connectivity index (χ0n) is 6.47. The molecule has 1 aliphatic carbocycles. The molecular weight excluding hydrogens is 126 g/mol. The second-order valence-electron chi connectivity index (χ2n) is 4.08. The fraction of sp³-hybridized carbons (Fsp3) is 1.00. The maximum atomic E-state index is 5.70. The van der Waals surface area contributed by atoms with Gasteiger partial charge < -0.3 is 10.5 Å². The van der Waals surface area contributed by atoms with Gasteiger partial charge in [-0.1, -0.05) is 6.92 Å². The van der Waals surface area contributed by atoms with Gasteiger partial charge in [-0.15, -0.1) is 0 Å². The second-order valence-corrected chi connectivity index (χ2v) is 4.08. The molecule has 0 amide bonds. The van der Waals surface area contributed by atoms with Gasteiger partial charge in [0.05, 0.1) is 13.2 Å². The molecule has 10 heavy (non-hydrogen) atoms. The molecule has 0 atom stereocenters. The first-order valence-corrected chi connectivity index (χ1v) is 4.04. The highest BCUT2D eigenvalue weighted by Gasteiger charge is 2.46. The van der Waals surface area contributed by atoms with Crippen LogP contribution in [0.2, 0.25) is 0 Å². The standard InChI is InChI=1S/C8H15NO/c1-8(4-10-5-8)6-2-7(9)3-6/h6-7H,2-5,9H2,1H3. The van der Waals surface area contributed by atoms with E-state index < -0.39 is 0 Å². The lowest BCUT2D eigenvalue weighted by molar-refractivity contribution is -0.153. The van der Waals surface area contributed by atoms with Crippen LogP contribution < -0.4 is 5.73 Å². The maximum Gasteiger partial charge on any atom is 0.0544 e. The van der Waals surface area contributed by atoms with Gasteiger partial charge in [-0.3, -0.25) is 0 Å². The number of ether oxygens (including phenoxy) is 1. The van der Waals surface area contributed by atoms with Crippen LogP contribution in [0.25, 0.3) is 0 Å². The predicted octanol–water partition coefficient (Wildman–Crippen LogP) is 0.760. The lowest BCUT2D eigenvalue weighted by atomic mass is 9.63. The van der Waals surface area contributed by atoms with Gasteiger partial charge in [-0.05, 0) is 18.8 Å². The number of hydrogen-bond acceptors (Lipinski definition) is 2. The number of hydrogen-bond donors (Lipinski definition) is 1. The number of rotatable bonds is 1. The summed E-state index contributed by atoms with van der Waals surface area (Å²) in [5.41, 5.74) is 6.20. The van der Waals surface area contributed by atoms with Crippen molar-refractivity contribution in [3.8, 4) is 0 Å². The van der Waals surface area contributed by atoms with E-state index in [1.54, 1.807) is 0 Å². The van der Waals surface area contributed by atoms with E-state index in [1.165, 1.54) is 12.8 Å². The SMILES string of the molecule is CC1(C2CC(N)C2)COC1. The number of nitrogens with two attached hydrogens (primary N) is 1. The quantitative estimate of drug-likeness (QED) is 0.585. The zero-order valence-corrected chi connectivity index (χ0v) is 6.47. The Morgan fingerprint density at radius 1 is 1.40 bits per heavy atom. The van der Waals surface area contributed by atoms with Crippen LogP contribution >= 0.6 is 0 Å². The maximum absolute atomic E-state index is 5.70. The van der Waals surface area contributed by atoms with Crippen molar-refractivity contribution >= 4 is 0 Å². The summed E-state index contributed by atoms with van der Waals surface area (Å²) in [7, 11) is 0. The molecule has 2 nitrogen and oxygen atoms in total. The second kappa shape index (κ2) is 1.95. The van der Waals surface area contributed by atoms with Crippen LogP contribution in [0.3, 0.4) is 0 Å². The summed E-state index contributed by atoms with van der Waals surface area (Å²) in [4.78, 5) is 0. The van der Waals surface area contributed by atoms with Crippen molar-refractivity contribution in [2.24, 2.45) is 17.1 Å². The first-order chi connectivity index (χ1) is 4.71. The molecule has 0 unspecified atom stereocenters. The Morgan fingerprint density at radius 2 is 2.00 bits per heavy atom. The monoisotopic (exact) mass is 141 g/mol. The molecular formula is C8H15NO. The summed E-state index contributed by atoms with van der Waals surface area (Å²) in [5, 5.41) is 0. The molecule has 2 heteroatoms. The van der Waals surface area contributed by atoms with Crippen LogP contribution in [0, 0.1) is 11.3 Å². The summed E-state index contributed by atoms with van der Waals surface area (Å²) >= 11 is 0. The molecule has 0 bridgehead atoms. The molecule has 2 rings (SSSR count). The van der Waals surface area contributed by atoms with Crippen LogP contribution in [-0.4, -0.2) is 19.3 Å². The topological polar surface area (TPSA) is 35.2 Å². The van der Waals surface area contributed by atoms with Crippen molar-refractivity contribution < 1.29 is 4.74 Å². The van der Waals surface area contributed by atoms with Crippen LogP contribution in [-0.2, 0) is 4.74 Å². The summed E-state index contributed by atoms with van der Waals surface area (Å²) in [6.45, 7) is 4.24. The molecule has 2 N–H and O–H groups in total. The molecule has 0 spiro atoms. The van der Waals surface area contributed by atoms with Crippen molar-refractivity contribution in [2.45, 2.75) is 25.8 Å². The average molecular weight is 141 g/mol. The molecule has 58 valence electrons. The highest BCUT2D eigenvalue weighted by Crippen LogP contribution is 2.45. The Labute approximate surface area is 61.7 Å². The summed E-state index contributed by atoms with van der Waals surface area (Å²) in [6.07, 6.45) is 2.44. The van der Waals surface area contributed by atoms with Crippen LogP contribution in [0.4, 0.5) is 0 Å². The minimum absolute atomic E-state index is 0.488. The molecule has 0 aromatic heterocycles. The van der Waals surface area contributed by atoms with E-state index >= 15 is 0 Å². The first kappa shape index (κ1) is 6.62. The van der Waals surface area contributed by atoms with Gasteiger partial charge >= 0.3 is 0 Å². The normalized spacial score (nSPS) is 43.8. The Hall–Kier alpha value is -0.0800. The van der Waals surface area contributed by atoms with E-state index in [0.29, 0.717) is 11.5 Å². The largest absolute Gasteiger partial charge is 0.380 e. The summed E-state index contributed by atoms with van der Waals surface area (Å²) < 4.78 is 5.19. The van der Waals surface area contributed by atoms with E-state index in [0.717, 1.165) is 19.1 Å². The van der Waals surface area contributed by atoms with Gasteiger partial charge in [-0.25, -0.2) is 0 Å². The minimum Gasteiger partial charge on any atom is -0.380 e. The first-order valence-electron chi connectivity index (χ1n) is 4.04. The molecule has 0 aromatic rings. The van der Waals surface area contributed by atoms with Crippen LogP contribution in [0.5, 0.6) is 0 Å². The lowest BCUT2D eigenvalue weighted by Gasteiger charge is -2.50. The smallest absolute Gasteiger partial charge is 0.0544 e. The van der Waals surface area contributed by atoms with Crippen LogP contribution in [0.1, 0.15) is 19.8 Å². The fourth-order valence-corrected chi connectivity index (χ4v) is 1.89. The Kier molecular flexibility index (Phi) is 1.29. The average Bonchev–Trinajstić information content (AvgIpc) is 1.76. The summed E-state index contributed by atoms with van der Waals surface area (Å²) in [5.74, 6) is 0.858. The van der Waals surface area contributed by atoms with Gasteiger partial charge in [0.15, 0.2) is 0 Å². The predicted molar refractivity (Wildman–Crippen MR) is 39.6 cm³/mol. The fourth-order valence-electron chi connectivity index (χ4n) is 1.89. The van der Waals surface area contributed by atoms with E-state index in [2.05, 4.69) is 6.92 Å². The highest BCUT2D eigenvalue weighted by atomic mass is 16.5. The third-order valence-electron chi connectivity index (χ3n) is 3.02. The third-order valence-corrected chi connectivity index (χ3v) is 3.02. The third kappa shape index (κ3) is 0.789. The van der Waals surface area contributed by atoms with E-state index in [1.807, 2.05) is 0 Å². The Morgan fingerprint density at radius 3 is 2.30 bits per heavy atom. The van der Waals surface area contributed by atoms with Gasteiger partial charge in [0, 0.05) is 11.5 Å². The van der Waals surface area contributed by atoms with Gasteiger partial charge in [0.1, 0.15) is 0 Å².